The van der Waals surface area contributed by atoms with Gasteiger partial charge in [-0.2, -0.15) is 0 Å². The molecule has 1 aromatic carbocycles. The zero-order valence-electron chi connectivity index (χ0n) is 11.3. The van der Waals surface area contributed by atoms with Gasteiger partial charge in [0.1, 0.15) is 0 Å². The average Bonchev–Trinajstić information content (AvgIpc) is 2.93. The van der Waals surface area contributed by atoms with Crippen LogP contribution in [0.25, 0.3) is 11.0 Å². The Bertz CT molecular complexity index is 861. The summed E-state index contributed by atoms with van der Waals surface area (Å²) in [4.78, 5) is 15.7. The van der Waals surface area contributed by atoms with Crippen LogP contribution in [0.3, 0.4) is 0 Å². The third-order valence-corrected chi connectivity index (χ3v) is 4.21. The van der Waals surface area contributed by atoms with Crippen LogP contribution < -0.4 is 5.48 Å². The lowest BCUT2D eigenvalue weighted by molar-refractivity contribution is 0.0706. The van der Waals surface area contributed by atoms with Crippen LogP contribution in [0.15, 0.2) is 42.7 Å². The quantitative estimate of drug-likeness (QED) is 0.568. The second-order valence-electron chi connectivity index (χ2n) is 4.73. The van der Waals surface area contributed by atoms with Gasteiger partial charge in [-0.1, -0.05) is 35.3 Å². The molecule has 0 aliphatic heterocycles. The SMILES string of the molecule is O=C(NO)c1cnc2ccn(Cc3cccc(Cl)c3Cl)c2c1. The molecule has 112 valence electrons. The van der Waals surface area contributed by atoms with Crippen LogP contribution >= 0.6 is 23.2 Å². The number of nitrogens with zero attached hydrogens (tertiary/aromatic N) is 2. The van der Waals surface area contributed by atoms with Gasteiger partial charge in [0, 0.05) is 18.9 Å². The molecule has 2 heterocycles. The molecular weight excluding hydrogens is 325 g/mol. The van der Waals surface area contributed by atoms with Crippen molar-refractivity contribution >= 4 is 40.1 Å². The number of hydrogen-bond donors (Lipinski definition) is 2. The fourth-order valence-corrected chi connectivity index (χ4v) is 2.62. The lowest BCUT2D eigenvalue weighted by Crippen LogP contribution is -2.18. The zero-order chi connectivity index (χ0) is 15.7. The zero-order valence-corrected chi connectivity index (χ0v) is 12.8. The fraction of sp³-hybridized carbons (Fsp3) is 0.0667. The van der Waals surface area contributed by atoms with E-state index in [0.29, 0.717) is 16.6 Å². The second kappa shape index (κ2) is 5.96. The number of benzene rings is 1. The number of hydroxylamine groups is 1. The van der Waals surface area contributed by atoms with E-state index in [9.17, 15) is 4.79 Å². The molecule has 0 saturated heterocycles. The first-order valence-electron chi connectivity index (χ1n) is 6.42. The maximum Gasteiger partial charge on any atom is 0.276 e. The number of hydrogen-bond acceptors (Lipinski definition) is 3. The summed E-state index contributed by atoms with van der Waals surface area (Å²) in [6.07, 6.45) is 3.26. The molecule has 5 nitrogen and oxygen atoms in total. The Morgan fingerprint density at radius 1 is 1.32 bits per heavy atom. The Morgan fingerprint density at radius 3 is 2.91 bits per heavy atom. The number of halogens is 2. The molecule has 0 fully saturated rings. The molecule has 3 aromatic rings. The number of amides is 1. The Hall–Kier alpha value is -2.08. The highest BCUT2D eigenvalue weighted by Crippen LogP contribution is 2.27. The molecule has 0 aliphatic rings. The highest BCUT2D eigenvalue weighted by molar-refractivity contribution is 6.42. The van der Waals surface area contributed by atoms with Gasteiger partial charge in [-0.3, -0.25) is 15.0 Å². The highest BCUT2D eigenvalue weighted by Gasteiger charge is 2.11. The lowest BCUT2D eigenvalue weighted by atomic mass is 10.2. The minimum Gasteiger partial charge on any atom is -0.342 e. The molecule has 0 aliphatic carbocycles. The number of carbonyl (C=O) groups is 1. The summed E-state index contributed by atoms with van der Waals surface area (Å²) >= 11 is 12.2. The Morgan fingerprint density at radius 2 is 2.14 bits per heavy atom. The first kappa shape index (κ1) is 14.8. The maximum absolute atomic E-state index is 11.5. The van der Waals surface area contributed by atoms with Gasteiger partial charge in [0.2, 0.25) is 0 Å². The molecule has 0 saturated carbocycles. The third kappa shape index (κ3) is 2.66. The molecule has 22 heavy (non-hydrogen) atoms. The van der Waals surface area contributed by atoms with Crippen LogP contribution in [-0.4, -0.2) is 20.7 Å². The predicted molar refractivity (Wildman–Crippen MR) is 84.5 cm³/mol. The van der Waals surface area contributed by atoms with Crippen molar-refractivity contribution in [3.8, 4) is 0 Å². The Kier molecular flexibility index (Phi) is 4.02. The molecule has 1 amide bonds. The van der Waals surface area contributed by atoms with E-state index in [0.717, 1.165) is 16.6 Å². The van der Waals surface area contributed by atoms with E-state index in [1.165, 1.54) is 6.20 Å². The fourth-order valence-electron chi connectivity index (χ4n) is 2.24. The van der Waals surface area contributed by atoms with Crippen LogP contribution in [0.4, 0.5) is 0 Å². The number of aromatic nitrogens is 2. The molecule has 2 N–H and O–H groups in total. The topological polar surface area (TPSA) is 67.2 Å². The molecule has 0 atom stereocenters. The van der Waals surface area contributed by atoms with E-state index < -0.39 is 5.91 Å². The van der Waals surface area contributed by atoms with Crippen LogP contribution in [0.2, 0.25) is 10.0 Å². The van der Waals surface area contributed by atoms with Gasteiger partial charge in [0.25, 0.3) is 5.91 Å². The summed E-state index contributed by atoms with van der Waals surface area (Å²) in [6.45, 7) is 0.495. The minimum absolute atomic E-state index is 0.271. The van der Waals surface area contributed by atoms with Crippen molar-refractivity contribution < 1.29 is 10.0 Å². The van der Waals surface area contributed by atoms with Gasteiger partial charge >= 0.3 is 0 Å². The van der Waals surface area contributed by atoms with E-state index in [1.807, 2.05) is 29.0 Å². The molecule has 0 spiro atoms. The summed E-state index contributed by atoms with van der Waals surface area (Å²) < 4.78 is 1.91. The second-order valence-corrected chi connectivity index (χ2v) is 5.51. The van der Waals surface area contributed by atoms with Crippen LogP contribution in [0.1, 0.15) is 15.9 Å². The maximum atomic E-state index is 11.5. The molecule has 7 heteroatoms. The van der Waals surface area contributed by atoms with E-state index in [4.69, 9.17) is 28.4 Å². The predicted octanol–water partition coefficient (Wildman–Crippen LogP) is 3.51. The lowest BCUT2D eigenvalue weighted by Gasteiger charge is -2.09. The molecule has 0 unspecified atom stereocenters. The van der Waals surface area contributed by atoms with Crippen LogP contribution in [0.5, 0.6) is 0 Å². The number of rotatable bonds is 3. The number of carbonyl (C=O) groups excluding carboxylic acids is 1. The van der Waals surface area contributed by atoms with Crippen molar-refractivity contribution in [1.29, 1.82) is 0 Å². The van der Waals surface area contributed by atoms with Gasteiger partial charge in [-0.15, -0.1) is 0 Å². The molecule has 0 bridgehead atoms. The smallest absolute Gasteiger partial charge is 0.276 e. The monoisotopic (exact) mass is 335 g/mol. The summed E-state index contributed by atoms with van der Waals surface area (Å²) in [5.41, 5.74) is 4.24. The molecule has 0 radical (unpaired) electrons. The molecular formula is C15H11Cl2N3O2. The van der Waals surface area contributed by atoms with Crippen molar-refractivity contribution in [2.24, 2.45) is 0 Å². The Labute approximate surface area is 136 Å². The van der Waals surface area contributed by atoms with E-state index in [-0.39, 0.29) is 5.56 Å². The van der Waals surface area contributed by atoms with E-state index >= 15 is 0 Å². The number of nitrogens with one attached hydrogen (secondary N) is 1. The average molecular weight is 336 g/mol. The molecule has 3 rings (SSSR count). The Balaban J connectivity index is 2.03. The third-order valence-electron chi connectivity index (χ3n) is 3.36. The van der Waals surface area contributed by atoms with Gasteiger partial charge in [-0.25, -0.2) is 5.48 Å². The summed E-state index contributed by atoms with van der Waals surface area (Å²) in [5.74, 6) is -0.608. The van der Waals surface area contributed by atoms with Crippen molar-refractivity contribution in [2.75, 3.05) is 0 Å². The van der Waals surface area contributed by atoms with E-state index in [1.54, 1.807) is 17.6 Å². The summed E-state index contributed by atoms with van der Waals surface area (Å²) in [6, 6.07) is 8.95. The summed E-state index contributed by atoms with van der Waals surface area (Å²) in [7, 11) is 0. The molecule has 2 aromatic heterocycles. The van der Waals surface area contributed by atoms with Crippen molar-refractivity contribution in [3.63, 3.8) is 0 Å². The van der Waals surface area contributed by atoms with Crippen molar-refractivity contribution in [1.82, 2.24) is 15.0 Å². The normalized spacial score (nSPS) is 10.9. The van der Waals surface area contributed by atoms with Crippen LogP contribution in [-0.2, 0) is 6.54 Å². The highest BCUT2D eigenvalue weighted by atomic mass is 35.5. The first-order chi connectivity index (χ1) is 10.6. The van der Waals surface area contributed by atoms with Gasteiger partial charge in [-0.05, 0) is 23.8 Å². The van der Waals surface area contributed by atoms with E-state index in [2.05, 4.69) is 4.98 Å². The standard InChI is InChI=1S/C15H11Cl2N3O2/c16-11-3-1-2-9(14(11)17)8-20-5-4-12-13(20)6-10(7-18-12)15(21)19-22/h1-7,22H,8H2,(H,19,21). The van der Waals surface area contributed by atoms with Gasteiger partial charge < -0.3 is 4.57 Å². The number of pyridine rings is 1. The van der Waals surface area contributed by atoms with Crippen molar-refractivity contribution in [3.05, 3.63) is 63.9 Å². The van der Waals surface area contributed by atoms with Gasteiger partial charge in [0.05, 0.1) is 26.6 Å². The van der Waals surface area contributed by atoms with Crippen molar-refractivity contribution in [2.45, 2.75) is 6.54 Å². The number of fused-ring (bicyclic) bond motifs is 1. The van der Waals surface area contributed by atoms with Crippen LogP contribution in [0, 0.1) is 0 Å². The first-order valence-corrected chi connectivity index (χ1v) is 7.18. The van der Waals surface area contributed by atoms with Gasteiger partial charge in [0.15, 0.2) is 0 Å². The minimum atomic E-state index is -0.608. The largest absolute Gasteiger partial charge is 0.342 e. The summed E-state index contributed by atoms with van der Waals surface area (Å²) in [5, 5.41) is 9.71.